The normalized spacial score (nSPS) is 11.8. The van der Waals surface area contributed by atoms with E-state index >= 15 is 0 Å². The highest BCUT2D eigenvalue weighted by molar-refractivity contribution is 7.89. The smallest absolute Gasteiger partial charge is 0.270 e. The molecule has 0 aliphatic rings. The van der Waals surface area contributed by atoms with E-state index in [4.69, 9.17) is 0 Å². The fourth-order valence-corrected chi connectivity index (χ4v) is 4.46. The fourth-order valence-electron chi connectivity index (χ4n) is 2.94. The SMILES string of the molecule is Cc1ccc(NC(=O)c2cnc3c(C)cccn3c2=O)cc1S(=O)(=O)NC(C)C. The van der Waals surface area contributed by atoms with Gasteiger partial charge in [-0.3, -0.25) is 14.0 Å². The van der Waals surface area contributed by atoms with Crippen LogP contribution in [0.4, 0.5) is 5.69 Å². The van der Waals surface area contributed by atoms with Crippen LogP contribution in [-0.2, 0) is 10.0 Å². The Morgan fingerprint density at radius 2 is 1.86 bits per heavy atom. The number of amides is 1. The molecule has 0 saturated carbocycles. The van der Waals surface area contributed by atoms with Crippen LogP contribution in [0.25, 0.3) is 5.65 Å². The first-order valence-electron chi connectivity index (χ1n) is 9.01. The molecule has 0 unspecified atom stereocenters. The number of rotatable bonds is 5. The van der Waals surface area contributed by atoms with Crippen molar-refractivity contribution in [2.45, 2.75) is 38.6 Å². The van der Waals surface area contributed by atoms with E-state index in [1.165, 1.54) is 16.7 Å². The van der Waals surface area contributed by atoms with Crippen LogP contribution in [0.3, 0.4) is 0 Å². The Labute approximate surface area is 168 Å². The van der Waals surface area contributed by atoms with Gasteiger partial charge in [0, 0.05) is 24.1 Å². The lowest BCUT2D eigenvalue weighted by atomic mass is 10.2. The van der Waals surface area contributed by atoms with Gasteiger partial charge in [0.15, 0.2) is 0 Å². The molecule has 152 valence electrons. The van der Waals surface area contributed by atoms with Gasteiger partial charge in [-0.15, -0.1) is 0 Å². The summed E-state index contributed by atoms with van der Waals surface area (Å²) in [5, 5.41) is 2.59. The molecule has 29 heavy (non-hydrogen) atoms. The first-order valence-corrected chi connectivity index (χ1v) is 10.5. The van der Waals surface area contributed by atoms with Crippen molar-refractivity contribution in [1.82, 2.24) is 14.1 Å². The number of aryl methyl sites for hydroxylation is 2. The number of aromatic nitrogens is 2. The highest BCUT2D eigenvalue weighted by Gasteiger charge is 2.20. The van der Waals surface area contributed by atoms with Crippen LogP contribution >= 0.6 is 0 Å². The Kier molecular flexibility index (Phi) is 5.54. The Morgan fingerprint density at radius 1 is 1.14 bits per heavy atom. The molecule has 1 aromatic carbocycles. The standard InChI is InChI=1S/C20H22N4O4S/c1-12(2)23-29(27,28)17-10-15(8-7-13(17)3)22-19(25)16-11-21-18-14(4)6-5-9-24(18)20(16)26/h5-12,23H,1-4H3,(H,22,25). The van der Waals surface area contributed by atoms with E-state index in [9.17, 15) is 18.0 Å². The largest absolute Gasteiger partial charge is 0.322 e. The van der Waals surface area contributed by atoms with Crippen molar-refractivity contribution >= 4 is 27.3 Å². The summed E-state index contributed by atoms with van der Waals surface area (Å²) in [6, 6.07) is 7.79. The van der Waals surface area contributed by atoms with Crippen molar-refractivity contribution in [3.05, 3.63) is 69.8 Å². The summed E-state index contributed by atoms with van der Waals surface area (Å²) in [6.07, 6.45) is 2.77. The first-order chi connectivity index (χ1) is 13.6. The Bertz CT molecular complexity index is 1260. The quantitative estimate of drug-likeness (QED) is 0.665. The van der Waals surface area contributed by atoms with Gasteiger partial charge in [-0.05, 0) is 57.0 Å². The number of nitrogens with zero attached hydrogens (tertiary/aromatic N) is 2. The minimum atomic E-state index is -3.73. The maximum Gasteiger partial charge on any atom is 0.270 e. The lowest BCUT2D eigenvalue weighted by Crippen LogP contribution is -2.31. The van der Waals surface area contributed by atoms with Crippen LogP contribution in [0.5, 0.6) is 0 Å². The number of hydrogen-bond donors (Lipinski definition) is 2. The molecular formula is C20H22N4O4S. The summed E-state index contributed by atoms with van der Waals surface area (Å²) in [4.78, 5) is 29.6. The van der Waals surface area contributed by atoms with Crippen molar-refractivity contribution in [3.8, 4) is 0 Å². The number of fused-ring (bicyclic) bond motifs is 1. The van der Waals surface area contributed by atoms with E-state index in [1.807, 2.05) is 13.0 Å². The molecule has 3 rings (SSSR count). The van der Waals surface area contributed by atoms with Crippen LogP contribution in [-0.4, -0.2) is 29.8 Å². The molecule has 3 aromatic rings. The number of carbonyl (C=O) groups is 1. The lowest BCUT2D eigenvalue weighted by Gasteiger charge is -2.13. The Balaban J connectivity index is 1.96. The summed E-state index contributed by atoms with van der Waals surface area (Å²) in [6.45, 7) is 6.93. The van der Waals surface area contributed by atoms with Crippen LogP contribution in [0, 0.1) is 13.8 Å². The minimum absolute atomic E-state index is 0.0629. The van der Waals surface area contributed by atoms with Crippen LogP contribution in [0.2, 0.25) is 0 Å². The zero-order valence-corrected chi connectivity index (χ0v) is 17.4. The van der Waals surface area contributed by atoms with Crippen LogP contribution < -0.4 is 15.6 Å². The average Bonchev–Trinajstić information content (AvgIpc) is 2.63. The third kappa shape index (κ3) is 4.20. The van der Waals surface area contributed by atoms with Gasteiger partial charge in [0.1, 0.15) is 11.2 Å². The van der Waals surface area contributed by atoms with Crippen LogP contribution in [0.1, 0.15) is 35.3 Å². The van der Waals surface area contributed by atoms with Crippen molar-refractivity contribution in [2.24, 2.45) is 0 Å². The van der Waals surface area contributed by atoms with E-state index in [2.05, 4.69) is 15.0 Å². The van der Waals surface area contributed by atoms with E-state index in [0.29, 0.717) is 11.2 Å². The zero-order chi connectivity index (χ0) is 21.3. The third-order valence-electron chi connectivity index (χ3n) is 4.30. The van der Waals surface area contributed by atoms with Crippen molar-refractivity contribution < 1.29 is 13.2 Å². The van der Waals surface area contributed by atoms with Crippen molar-refractivity contribution in [2.75, 3.05) is 5.32 Å². The Morgan fingerprint density at radius 3 is 2.55 bits per heavy atom. The van der Waals surface area contributed by atoms with E-state index in [1.54, 1.807) is 45.2 Å². The third-order valence-corrected chi connectivity index (χ3v) is 6.10. The molecule has 9 heteroatoms. The van der Waals surface area contributed by atoms with E-state index in [0.717, 1.165) is 5.56 Å². The molecule has 8 nitrogen and oxygen atoms in total. The highest BCUT2D eigenvalue weighted by Crippen LogP contribution is 2.21. The predicted octanol–water partition coefficient (Wildman–Crippen LogP) is 2.25. The van der Waals surface area contributed by atoms with Gasteiger partial charge in [0.25, 0.3) is 11.5 Å². The summed E-state index contributed by atoms with van der Waals surface area (Å²) in [5.74, 6) is -0.664. The molecule has 2 aromatic heterocycles. The molecule has 0 atom stereocenters. The van der Waals surface area contributed by atoms with Gasteiger partial charge >= 0.3 is 0 Å². The maximum absolute atomic E-state index is 12.7. The van der Waals surface area contributed by atoms with Gasteiger partial charge in [0.2, 0.25) is 10.0 Å². The molecule has 2 N–H and O–H groups in total. The monoisotopic (exact) mass is 414 g/mol. The topological polar surface area (TPSA) is 110 Å². The van der Waals surface area contributed by atoms with Crippen LogP contribution in [0.15, 0.2) is 52.4 Å². The van der Waals surface area contributed by atoms with Crippen molar-refractivity contribution in [3.63, 3.8) is 0 Å². The van der Waals surface area contributed by atoms with Gasteiger partial charge < -0.3 is 5.32 Å². The minimum Gasteiger partial charge on any atom is -0.322 e. The number of anilines is 1. The number of hydrogen-bond acceptors (Lipinski definition) is 5. The lowest BCUT2D eigenvalue weighted by molar-refractivity contribution is 0.102. The molecule has 0 bridgehead atoms. The second-order valence-electron chi connectivity index (χ2n) is 7.07. The predicted molar refractivity (Wildman–Crippen MR) is 111 cm³/mol. The summed E-state index contributed by atoms with van der Waals surface area (Å²) in [7, 11) is -3.73. The molecular weight excluding hydrogens is 392 g/mol. The van der Waals surface area contributed by atoms with E-state index in [-0.39, 0.29) is 22.2 Å². The summed E-state index contributed by atoms with van der Waals surface area (Å²) in [5.41, 5.74) is 1.44. The summed E-state index contributed by atoms with van der Waals surface area (Å²) < 4.78 is 28.9. The average molecular weight is 414 g/mol. The molecule has 1 amide bonds. The van der Waals surface area contributed by atoms with Gasteiger partial charge in [0.05, 0.1) is 4.90 Å². The van der Waals surface area contributed by atoms with Gasteiger partial charge in [-0.25, -0.2) is 18.1 Å². The molecule has 2 heterocycles. The first kappa shape index (κ1) is 20.7. The second kappa shape index (κ2) is 7.76. The summed E-state index contributed by atoms with van der Waals surface area (Å²) >= 11 is 0. The highest BCUT2D eigenvalue weighted by atomic mass is 32.2. The number of pyridine rings is 1. The number of nitrogens with one attached hydrogen (secondary N) is 2. The molecule has 0 radical (unpaired) electrons. The molecule has 0 aliphatic heterocycles. The van der Waals surface area contributed by atoms with Gasteiger partial charge in [-0.2, -0.15) is 0 Å². The molecule has 0 spiro atoms. The molecule has 0 saturated heterocycles. The number of carbonyl (C=O) groups excluding carboxylic acids is 1. The second-order valence-corrected chi connectivity index (χ2v) is 8.75. The van der Waals surface area contributed by atoms with Crippen molar-refractivity contribution in [1.29, 1.82) is 0 Å². The maximum atomic E-state index is 12.7. The molecule has 0 aliphatic carbocycles. The van der Waals surface area contributed by atoms with Gasteiger partial charge in [-0.1, -0.05) is 12.1 Å². The zero-order valence-electron chi connectivity index (χ0n) is 16.6. The number of benzene rings is 1. The Hall–Kier alpha value is -3.04. The fraction of sp³-hybridized carbons (Fsp3) is 0.250. The van der Waals surface area contributed by atoms with E-state index < -0.39 is 21.5 Å². The molecule has 0 fully saturated rings. The number of sulfonamides is 1.